The number of nitro groups is 1. The average Bonchev–Trinajstić information content (AvgIpc) is 3.30. The lowest BCUT2D eigenvalue weighted by Crippen LogP contribution is -2.33. The van der Waals surface area contributed by atoms with Crippen molar-refractivity contribution in [3.05, 3.63) is 74.1 Å². The van der Waals surface area contributed by atoms with E-state index in [2.05, 4.69) is 10.3 Å². The Morgan fingerprint density at radius 3 is 2.61 bits per heavy atom. The fraction of sp³-hybridized carbons (Fsp3) is 0.100. The number of carbonyl (C=O) groups is 3. The molecular formula is C20H13ClN4O5S. The highest BCUT2D eigenvalue weighted by molar-refractivity contribution is 7.14. The highest BCUT2D eigenvalue weighted by atomic mass is 35.5. The SMILES string of the molecule is O=C(CCN1C(=O)c2cccc([N+](=O)[O-])c2C1=O)Nc1nc(-c2ccccc2Cl)cs1. The van der Waals surface area contributed by atoms with Crippen LogP contribution < -0.4 is 5.32 Å². The van der Waals surface area contributed by atoms with Crippen LogP contribution in [0.5, 0.6) is 0 Å². The van der Waals surface area contributed by atoms with Crippen LogP contribution in [0, 0.1) is 10.1 Å². The van der Waals surface area contributed by atoms with Crippen molar-refractivity contribution in [3.63, 3.8) is 0 Å². The molecule has 0 fully saturated rings. The van der Waals surface area contributed by atoms with Gasteiger partial charge in [-0.25, -0.2) is 4.98 Å². The zero-order valence-electron chi connectivity index (χ0n) is 15.7. The van der Waals surface area contributed by atoms with Gasteiger partial charge in [0.25, 0.3) is 17.5 Å². The molecule has 1 aliphatic heterocycles. The van der Waals surface area contributed by atoms with Crippen molar-refractivity contribution in [1.82, 2.24) is 9.88 Å². The van der Waals surface area contributed by atoms with E-state index in [0.29, 0.717) is 15.8 Å². The van der Waals surface area contributed by atoms with Crippen LogP contribution in [0.2, 0.25) is 5.02 Å². The Hall–Kier alpha value is -3.63. The number of nitrogens with one attached hydrogen (secondary N) is 1. The summed E-state index contributed by atoms with van der Waals surface area (Å²) < 4.78 is 0. The molecule has 0 radical (unpaired) electrons. The molecule has 3 aromatic rings. The Morgan fingerprint density at radius 2 is 1.87 bits per heavy atom. The Kier molecular flexibility index (Phi) is 5.49. The van der Waals surface area contributed by atoms with Crippen LogP contribution in [-0.4, -0.2) is 39.1 Å². The Labute approximate surface area is 184 Å². The van der Waals surface area contributed by atoms with Crippen molar-refractivity contribution in [1.29, 1.82) is 0 Å². The van der Waals surface area contributed by atoms with Gasteiger partial charge in [0.1, 0.15) is 5.56 Å². The van der Waals surface area contributed by atoms with E-state index in [1.807, 2.05) is 12.1 Å². The van der Waals surface area contributed by atoms with Crippen LogP contribution in [0.15, 0.2) is 47.8 Å². The van der Waals surface area contributed by atoms with Crippen LogP contribution in [-0.2, 0) is 4.79 Å². The van der Waals surface area contributed by atoms with Gasteiger partial charge in [-0.05, 0) is 12.1 Å². The molecule has 0 unspecified atom stereocenters. The van der Waals surface area contributed by atoms with Gasteiger partial charge >= 0.3 is 0 Å². The number of thiazole rings is 1. The number of aromatic nitrogens is 1. The zero-order valence-corrected chi connectivity index (χ0v) is 17.3. The monoisotopic (exact) mass is 456 g/mol. The van der Waals surface area contributed by atoms with E-state index in [9.17, 15) is 24.5 Å². The van der Waals surface area contributed by atoms with Crippen LogP contribution in [0.3, 0.4) is 0 Å². The number of rotatable bonds is 6. The number of carbonyl (C=O) groups excluding carboxylic acids is 3. The quantitative estimate of drug-likeness (QED) is 0.340. The molecule has 4 rings (SSSR count). The minimum Gasteiger partial charge on any atom is -0.302 e. The van der Waals surface area contributed by atoms with Gasteiger partial charge in [0.2, 0.25) is 5.91 Å². The van der Waals surface area contributed by atoms with Crippen LogP contribution in [0.1, 0.15) is 27.1 Å². The molecule has 1 N–H and O–H groups in total. The number of hydrogen-bond acceptors (Lipinski definition) is 7. The number of nitrogens with zero attached hydrogens (tertiary/aromatic N) is 3. The lowest BCUT2D eigenvalue weighted by Gasteiger charge is -2.12. The van der Waals surface area contributed by atoms with Crippen molar-refractivity contribution < 1.29 is 19.3 Å². The molecule has 0 saturated carbocycles. The molecule has 3 amide bonds. The van der Waals surface area contributed by atoms with Crippen LogP contribution in [0.4, 0.5) is 10.8 Å². The fourth-order valence-corrected chi connectivity index (χ4v) is 4.15. The predicted octanol–water partition coefficient (Wildman–Crippen LogP) is 4.00. The summed E-state index contributed by atoms with van der Waals surface area (Å²) in [6, 6.07) is 11.0. The maximum absolute atomic E-state index is 12.5. The van der Waals surface area contributed by atoms with E-state index in [4.69, 9.17) is 11.6 Å². The summed E-state index contributed by atoms with van der Waals surface area (Å²) in [6.45, 7) is -0.210. The second-order valence-electron chi connectivity index (χ2n) is 6.53. The standard InChI is InChI=1S/C20H13ClN4O5S/c21-13-6-2-1-4-11(13)14-10-31-20(22-14)23-16(26)8-9-24-18(27)12-5-3-7-15(25(29)30)17(12)19(24)28/h1-7,10H,8-9H2,(H,22,23,26). The summed E-state index contributed by atoms with van der Waals surface area (Å²) in [4.78, 5) is 53.0. The summed E-state index contributed by atoms with van der Waals surface area (Å²) in [5.74, 6) is -1.90. The van der Waals surface area contributed by atoms with Gasteiger partial charge in [-0.3, -0.25) is 29.4 Å². The van der Waals surface area contributed by atoms with E-state index >= 15 is 0 Å². The molecule has 0 spiro atoms. The molecule has 1 aliphatic rings. The average molecular weight is 457 g/mol. The largest absolute Gasteiger partial charge is 0.302 e. The molecule has 1 aromatic heterocycles. The first-order valence-corrected chi connectivity index (χ1v) is 10.3. The van der Waals surface area contributed by atoms with Gasteiger partial charge < -0.3 is 5.32 Å². The molecular weight excluding hydrogens is 444 g/mol. The van der Waals surface area contributed by atoms with E-state index in [1.54, 1.807) is 17.5 Å². The van der Waals surface area contributed by atoms with E-state index in [-0.39, 0.29) is 24.1 Å². The normalized spacial score (nSPS) is 12.7. The molecule has 0 bridgehead atoms. The first kappa shape index (κ1) is 20.6. The fourth-order valence-electron chi connectivity index (χ4n) is 3.19. The lowest BCUT2D eigenvalue weighted by atomic mass is 10.1. The van der Waals surface area contributed by atoms with E-state index < -0.39 is 28.3 Å². The number of hydrogen-bond donors (Lipinski definition) is 1. The van der Waals surface area contributed by atoms with Gasteiger partial charge in [-0.1, -0.05) is 35.9 Å². The number of imide groups is 1. The van der Waals surface area contributed by atoms with Gasteiger partial charge in [-0.15, -0.1) is 11.3 Å². The van der Waals surface area contributed by atoms with Gasteiger partial charge in [0.05, 0.1) is 16.2 Å². The first-order chi connectivity index (χ1) is 14.9. The number of fused-ring (bicyclic) bond motifs is 1. The first-order valence-electron chi connectivity index (χ1n) is 9.00. The predicted molar refractivity (Wildman–Crippen MR) is 114 cm³/mol. The number of anilines is 1. The summed E-state index contributed by atoms with van der Waals surface area (Å²) in [7, 11) is 0. The summed E-state index contributed by atoms with van der Waals surface area (Å²) >= 11 is 7.37. The van der Waals surface area contributed by atoms with Gasteiger partial charge in [-0.2, -0.15) is 0 Å². The van der Waals surface area contributed by atoms with Crippen molar-refractivity contribution in [2.45, 2.75) is 6.42 Å². The second kappa shape index (κ2) is 8.25. The minimum absolute atomic E-state index is 0.0380. The van der Waals surface area contributed by atoms with Crippen molar-refractivity contribution in [2.75, 3.05) is 11.9 Å². The molecule has 0 atom stereocenters. The lowest BCUT2D eigenvalue weighted by molar-refractivity contribution is -0.385. The topological polar surface area (TPSA) is 123 Å². The smallest absolute Gasteiger partial charge is 0.282 e. The molecule has 31 heavy (non-hydrogen) atoms. The molecule has 156 valence electrons. The maximum atomic E-state index is 12.5. The molecule has 0 aliphatic carbocycles. The molecule has 2 heterocycles. The number of halogens is 1. The molecule has 0 saturated heterocycles. The Morgan fingerprint density at radius 1 is 1.13 bits per heavy atom. The van der Waals surface area contributed by atoms with Crippen molar-refractivity contribution in [2.24, 2.45) is 0 Å². The third-order valence-electron chi connectivity index (χ3n) is 4.64. The summed E-state index contributed by atoms with van der Waals surface area (Å²) in [6.07, 6.45) is -0.180. The molecule has 9 nitrogen and oxygen atoms in total. The molecule has 2 aromatic carbocycles. The molecule has 11 heteroatoms. The number of amides is 3. The van der Waals surface area contributed by atoms with Gasteiger partial charge in [0, 0.05) is 35.0 Å². The van der Waals surface area contributed by atoms with E-state index in [0.717, 1.165) is 10.5 Å². The number of benzene rings is 2. The number of nitro benzene ring substituents is 1. The minimum atomic E-state index is -0.782. The van der Waals surface area contributed by atoms with Crippen LogP contribution in [0.25, 0.3) is 11.3 Å². The highest BCUT2D eigenvalue weighted by Crippen LogP contribution is 2.32. The third kappa shape index (κ3) is 3.90. The summed E-state index contributed by atoms with van der Waals surface area (Å²) in [5.41, 5.74) is 0.621. The second-order valence-corrected chi connectivity index (χ2v) is 7.80. The van der Waals surface area contributed by atoms with E-state index in [1.165, 1.54) is 29.5 Å². The highest BCUT2D eigenvalue weighted by Gasteiger charge is 2.40. The van der Waals surface area contributed by atoms with Crippen molar-refractivity contribution in [3.8, 4) is 11.3 Å². The maximum Gasteiger partial charge on any atom is 0.282 e. The Bertz CT molecular complexity index is 1240. The van der Waals surface area contributed by atoms with Crippen LogP contribution >= 0.6 is 22.9 Å². The van der Waals surface area contributed by atoms with Gasteiger partial charge in [0.15, 0.2) is 5.13 Å². The summed E-state index contributed by atoms with van der Waals surface area (Å²) in [5, 5.41) is 16.4. The Balaban J connectivity index is 1.41. The van der Waals surface area contributed by atoms with Crippen molar-refractivity contribution >= 4 is 51.5 Å². The zero-order chi connectivity index (χ0) is 22.1. The third-order valence-corrected chi connectivity index (χ3v) is 5.72.